The Balaban J connectivity index is 1.94. The molecule has 0 heterocycles. The number of benzene rings is 2. The molecular formula is C24H30O3. The number of rotatable bonds is 12. The van der Waals surface area contributed by atoms with Crippen LogP contribution in [0.3, 0.4) is 0 Å². The maximum absolute atomic E-state index is 11.3. The van der Waals surface area contributed by atoms with Crippen molar-refractivity contribution < 1.29 is 14.7 Å². The molecule has 2 rings (SSSR count). The van der Waals surface area contributed by atoms with Gasteiger partial charge >= 0.3 is 5.97 Å². The minimum atomic E-state index is -0.871. The lowest BCUT2D eigenvalue weighted by atomic mass is 9.93. The van der Waals surface area contributed by atoms with Crippen LogP contribution in [0.5, 0.6) is 0 Å². The second-order valence-electron chi connectivity index (χ2n) is 7.16. The van der Waals surface area contributed by atoms with Gasteiger partial charge in [0.1, 0.15) is 6.29 Å². The van der Waals surface area contributed by atoms with E-state index in [0.717, 1.165) is 29.4 Å². The van der Waals surface area contributed by atoms with Crippen molar-refractivity contribution in [3.63, 3.8) is 0 Å². The molecule has 2 aromatic carbocycles. The summed E-state index contributed by atoms with van der Waals surface area (Å²) in [6.07, 6.45) is 8.80. The Hall–Kier alpha value is -2.42. The summed E-state index contributed by atoms with van der Waals surface area (Å²) in [6.45, 7) is 2.24. The second-order valence-corrected chi connectivity index (χ2v) is 7.16. The number of aldehydes is 1. The Morgan fingerprint density at radius 1 is 0.926 bits per heavy atom. The third-order valence-corrected chi connectivity index (χ3v) is 5.03. The van der Waals surface area contributed by atoms with Crippen LogP contribution in [0.25, 0.3) is 11.1 Å². The van der Waals surface area contributed by atoms with Gasteiger partial charge < -0.3 is 9.90 Å². The highest BCUT2D eigenvalue weighted by molar-refractivity contribution is 5.70. The molecule has 0 fully saturated rings. The molecular weight excluding hydrogens is 336 g/mol. The molecule has 0 aliphatic heterocycles. The first-order chi connectivity index (χ1) is 13.1. The van der Waals surface area contributed by atoms with Gasteiger partial charge in [0.15, 0.2) is 0 Å². The van der Waals surface area contributed by atoms with Crippen LogP contribution < -0.4 is 0 Å². The highest BCUT2D eigenvalue weighted by Crippen LogP contribution is 2.25. The maximum atomic E-state index is 11.3. The predicted molar refractivity (Wildman–Crippen MR) is 110 cm³/mol. The van der Waals surface area contributed by atoms with Crippen LogP contribution in [0.15, 0.2) is 48.5 Å². The fourth-order valence-electron chi connectivity index (χ4n) is 3.31. The fourth-order valence-corrected chi connectivity index (χ4v) is 3.31. The summed E-state index contributed by atoms with van der Waals surface area (Å²) in [5.41, 5.74) is 4.51. The van der Waals surface area contributed by atoms with Gasteiger partial charge in [0, 0.05) is 12.3 Å². The lowest BCUT2D eigenvalue weighted by Crippen LogP contribution is -2.04. The molecule has 1 atom stereocenters. The summed E-state index contributed by atoms with van der Waals surface area (Å²) in [5.74, 6) is -1.23. The Bertz CT molecular complexity index is 701. The quantitative estimate of drug-likeness (QED) is 0.369. The highest BCUT2D eigenvalue weighted by Gasteiger charge is 2.12. The van der Waals surface area contributed by atoms with Crippen molar-refractivity contribution in [2.24, 2.45) is 0 Å². The third-order valence-electron chi connectivity index (χ3n) is 5.03. The number of carboxylic acids is 1. The van der Waals surface area contributed by atoms with Gasteiger partial charge in [-0.25, -0.2) is 0 Å². The molecule has 3 heteroatoms. The first kappa shape index (κ1) is 20.9. The molecule has 0 aromatic heterocycles. The van der Waals surface area contributed by atoms with Gasteiger partial charge in [0.2, 0.25) is 0 Å². The minimum Gasteiger partial charge on any atom is -0.481 e. The molecule has 0 aliphatic carbocycles. The van der Waals surface area contributed by atoms with Crippen molar-refractivity contribution >= 4 is 12.3 Å². The van der Waals surface area contributed by atoms with Crippen molar-refractivity contribution in [3.8, 4) is 11.1 Å². The van der Waals surface area contributed by atoms with E-state index < -0.39 is 5.97 Å². The number of carboxylic acid groups (broad SMARTS) is 1. The zero-order valence-corrected chi connectivity index (χ0v) is 16.2. The maximum Gasteiger partial charge on any atom is 0.303 e. The second kappa shape index (κ2) is 11.3. The average Bonchev–Trinajstić information content (AvgIpc) is 2.69. The summed E-state index contributed by atoms with van der Waals surface area (Å²) in [7, 11) is 0. The standard InChI is InChI=1S/C24H30O3/c1-2-3-4-5-6-7-19-8-10-20(11-9-19)21-12-14-22(15-13-21)23(18-25)16-17-24(26)27/h8-15,18,23H,2-7,16-17H2,1H3,(H,26,27). The van der Waals surface area contributed by atoms with E-state index in [1.54, 1.807) is 0 Å². The van der Waals surface area contributed by atoms with Crippen LogP contribution in [-0.2, 0) is 16.0 Å². The topological polar surface area (TPSA) is 54.4 Å². The van der Waals surface area contributed by atoms with E-state index in [4.69, 9.17) is 5.11 Å². The number of carbonyl (C=O) groups is 2. The van der Waals surface area contributed by atoms with E-state index in [-0.39, 0.29) is 12.3 Å². The Kier molecular flexibility index (Phi) is 8.76. The molecule has 1 N–H and O–H groups in total. The monoisotopic (exact) mass is 366 g/mol. The number of aryl methyl sites for hydroxylation is 1. The number of unbranched alkanes of at least 4 members (excludes halogenated alkanes) is 4. The van der Waals surface area contributed by atoms with Crippen molar-refractivity contribution in [1.29, 1.82) is 0 Å². The number of hydrogen-bond donors (Lipinski definition) is 1. The van der Waals surface area contributed by atoms with Crippen molar-refractivity contribution in [2.45, 2.75) is 64.2 Å². The smallest absolute Gasteiger partial charge is 0.303 e. The van der Waals surface area contributed by atoms with E-state index in [1.165, 1.54) is 37.7 Å². The molecule has 3 nitrogen and oxygen atoms in total. The van der Waals surface area contributed by atoms with Crippen molar-refractivity contribution in [3.05, 3.63) is 59.7 Å². The van der Waals surface area contributed by atoms with Crippen LogP contribution in [-0.4, -0.2) is 17.4 Å². The zero-order valence-electron chi connectivity index (χ0n) is 16.2. The summed E-state index contributed by atoms with van der Waals surface area (Å²) >= 11 is 0. The summed E-state index contributed by atoms with van der Waals surface area (Å²) in [6, 6.07) is 16.6. The lowest BCUT2D eigenvalue weighted by molar-refractivity contribution is -0.137. The summed E-state index contributed by atoms with van der Waals surface area (Å²) < 4.78 is 0. The number of aliphatic carboxylic acids is 1. The van der Waals surface area contributed by atoms with E-state index >= 15 is 0 Å². The molecule has 0 spiro atoms. The molecule has 1 unspecified atom stereocenters. The minimum absolute atomic E-state index is 0.00502. The fraction of sp³-hybridized carbons (Fsp3) is 0.417. The molecule has 2 aromatic rings. The van der Waals surface area contributed by atoms with Gasteiger partial charge in [0.05, 0.1) is 0 Å². The number of hydrogen-bond acceptors (Lipinski definition) is 2. The normalized spacial score (nSPS) is 11.9. The molecule has 0 aliphatic rings. The summed E-state index contributed by atoms with van der Waals surface area (Å²) in [4.78, 5) is 22.0. The van der Waals surface area contributed by atoms with Gasteiger partial charge in [-0.15, -0.1) is 0 Å². The molecule has 0 bridgehead atoms. The highest BCUT2D eigenvalue weighted by atomic mass is 16.4. The first-order valence-electron chi connectivity index (χ1n) is 10.0. The first-order valence-corrected chi connectivity index (χ1v) is 10.0. The lowest BCUT2D eigenvalue weighted by Gasteiger charge is -2.11. The van der Waals surface area contributed by atoms with Gasteiger partial charge in [0.25, 0.3) is 0 Å². The summed E-state index contributed by atoms with van der Waals surface area (Å²) in [5, 5.41) is 8.80. The Labute approximate surface area is 162 Å². The van der Waals surface area contributed by atoms with Crippen LogP contribution in [0.2, 0.25) is 0 Å². The van der Waals surface area contributed by atoms with Crippen LogP contribution in [0.1, 0.15) is 68.9 Å². The molecule has 0 saturated heterocycles. The Morgan fingerprint density at radius 2 is 1.52 bits per heavy atom. The van der Waals surface area contributed by atoms with E-state index in [0.29, 0.717) is 6.42 Å². The molecule has 0 amide bonds. The van der Waals surface area contributed by atoms with Gasteiger partial charge in [-0.05, 0) is 41.5 Å². The van der Waals surface area contributed by atoms with Crippen LogP contribution >= 0.6 is 0 Å². The molecule has 27 heavy (non-hydrogen) atoms. The van der Waals surface area contributed by atoms with Gasteiger partial charge in [-0.3, -0.25) is 4.79 Å². The largest absolute Gasteiger partial charge is 0.481 e. The average molecular weight is 367 g/mol. The van der Waals surface area contributed by atoms with Crippen LogP contribution in [0, 0.1) is 0 Å². The van der Waals surface area contributed by atoms with Gasteiger partial charge in [-0.1, -0.05) is 81.1 Å². The SMILES string of the molecule is CCCCCCCc1ccc(-c2ccc(C(C=O)CCC(=O)O)cc2)cc1. The van der Waals surface area contributed by atoms with Crippen molar-refractivity contribution in [2.75, 3.05) is 0 Å². The number of carbonyl (C=O) groups excluding carboxylic acids is 1. The van der Waals surface area contributed by atoms with Gasteiger partial charge in [-0.2, -0.15) is 0 Å². The van der Waals surface area contributed by atoms with E-state index in [1.807, 2.05) is 24.3 Å². The van der Waals surface area contributed by atoms with Crippen LogP contribution in [0.4, 0.5) is 0 Å². The van der Waals surface area contributed by atoms with E-state index in [2.05, 4.69) is 31.2 Å². The Morgan fingerprint density at radius 3 is 2.07 bits per heavy atom. The molecule has 0 saturated carbocycles. The van der Waals surface area contributed by atoms with Crippen molar-refractivity contribution in [1.82, 2.24) is 0 Å². The predicted octanol–water partition coefficient (Wildman–Crippen LogP) is 6.01. The molecule has 0 radical (unpaired) electrons. The molecule has 144 valence electrons. The van der Waals surface area contributed by atoms with E-state index in [9.17, 15) is 9.59 Å². The third kappa shape index (κ3) is 7.01. The zero-order chi connectivity index (χ0) is 19.5.